The van der Waals surface area contributed by atoms with Crippen LogP contribution in [0.2, 0.25) is 0 Å². The highest BCUT2D eigenvalue weighted by molar-refractivity contribution is 5.82. The molecule has 3 atom stereocenters. The number of carbonyl (C=O) groups is 1. The van der Waals surface area contributed by atoms with Gasteiger partial charge < -0.3 is 10.1 Å². The van der Waals surface area contributed by atoms with Crippen molar-refractivity contribution in [3.8, 4) is 0 Å². The zero-order chi connectivity index (χ0) is 14.8. The van der Waals surface area contributed by atoms with E-state index in [-0.39, 0.29) is 5.97 Å². The van der Waals surface area contributed by atoms with Crippen molar-refractivity contribution in [2.45, 2.75) is 58.0 Å². The van der Waals surface area contributed by atoms with Gasteiger partial charge in [-0.3, -0.25) is 4.90 Å². The average Bonchev–Trinajstić information content (AvgIpc) is 3.21. The summed E-state index contributed by atoms with van der Waals surface area (Å²) in [6, 6.07) is 0.566. The highest BCUT2D eigenvalue weighted by Crippen LogP contribution is 2.42. The number of hydrogen-bond donors (Lipinski definition) is 1. The Morgan fingerprint density at radius 1 is 1.40 bits per heavy atom. The summed E-state index contributed by atoms with van der Waals surface area (Å²) in [5, 5.41) is 3.54. The van der Waals surface area contributed by atoms with E-state index in [1.54, 1.807) is 0 Å². The molecule has 0 aromatic rings. The van der Waals surface area contributed by atoms with Gasteiger partial charge >= 0.3 is 5.97 Å². The van der Waals surface area contributed by atoms with Gasteiger partial charge in [-0.05, 0) is 51.0 Å². The number of hydrogen-bond acceptors (Lipinski definition) is 4. The molecule has 20 heavy (non-hydrogen) atoms. The molecule has 4 nitrogen and oxygen atoms in total. The van der Waals surface area contributed by atoms with Gasteiger partial charge in [0.25, 0.3) is 0 Å². The predicted octanol–water partition coefficient (Wildman–Crippen LogP) is 2.04. The van der Waals surface area contributed by atoms with Crippen molar-refractivity contribution in [1.82, 2.24) is 10.2 Å². The van der Waals surface area contributed by atoms with Crippen LogP contribution >= 0.6 is 0 Å². The van der Waals surface area contributed by atoms with Crippen LogP contribution in [0.15, 0.2) is 0 Å². The highest BCUT2D eigenvalue weighted by atomic mass is 16.5. The standard InChI is InChI=1S/C16H30N2O2/c1-5-8-17-16(14-6-7-14,15(19)20-4)11-18-10-12(2)9-13(18)3/h12-14,17H,5-11H2,1-4H3. The average molecular weight is 282 g/mol. The van der Waals surface area contributed by atoms with Crippen molar-refractivity contribution in [2.24, 2.45) is 11.8 Å². The SMILES string of the molecule is CCCNC(CN1CC(C)CC1C)(C(=O)OC)C1CC1. The quantitative estimate of drug-likeness (QED) is 0.726. The Labute approximate surface area is 123 Å². The van der Waals surface area contributed by atoms with Crippen LogP contribution in [0.3, 0.4) is 0 Å². The van der Waals surface area contributed by atoms with Gasteiger partial charge in [-0.1, -0.05) is 13.8 Å². The van der Waals surface area contributed by atoms with E-state index in [4.69, 9.17) is 4.74 Å². The zero-order valence-electron chi connectivity index (χ0n) is 13.4. The molecular formula is C16H30N2O2. The summed E-state index contributed by atoms with van der Waals surface area (Å²) in [6.45, 7) is 9.49. The van der Waals surface area contributed by atoms with Crippen LogP contribution in [0.25, 0.3) is 0 Å². The van der Waals surface area contributed by atoms with Gasteiger partial charge in [0.15, 0.2) is 0 Å². The van der Waals surface area contributed by atoms with Crippen molar-refractivity contribution in [3.63, 3.8) is 0 Å². The normalized spacial score (nSPS) is 30.2. The lowest BCUT2D eigenvalue weighted by Crippen LogP contribution is -2.61. The molecule has 116 valence electrons. The molecule has 0 bridgehead atoms. The van der Waals surface area contributed by atoms with Crippen LogP contribution in [-0.2, 0) is 9.53 Å². The first-order valence-corrected chi connectivity index (χ1v) is 8.11. The Morgan fingerprint density at radius 3 is 2.55 bits per heavy atom. The molecule has 0 spiro atoms. The highest BCUT2D eigenvalue weighted by Gasteiger charge is 2.53. The Morgan fingerprint density at radius 2 is 2.10 bits per heavy atom. The molecule has 2 aliphatic rings. The minimum atomic E-state index is -0.483. The molecule has 2 fully saturated rings. The van der Waals surface area contributed by atoms with Crippen LogP contribution in [0.1, 0.15) is 46.5 Å². The number of rotatable bonds is 7. The van der Waals surface area contributed by atoms with E-state index < -0.39 is 5.54 Å². The topological polar surface area (TPSA) is 41.6 Å². The van der Waals surface area contributed by atoms with Gasteiger partial charge in [-0.15, -0.1) is 0 Å². The van der Waals surface area contributed by atoms with Crippen molar-refractivity contribution < 1.29 is 9.53 Å². The van der Waals surface area contributed by atoms with E-state index in [0.29, 0.717) is 12.0 Å². The molecule has 1 N–H and O–H groups in total. The van der Waals surface area contributed by atoms with E-state index >= 15 is 0 Å². The summed E-state index contributed by atoms with van der Waals surface area (Å²) in [4.78, 5) is 15.0. The molecule has 0 radical (unpaired) electrons. The Hall–Kier alpha value is -0.610. The number of nitrogens with zero attached hydrogens (tertiary/aromatic N) is 1. The third kappa shape index (κ3) is 3.17. The number of esters is 1. The van der Waals surface area contributed by atoms with Gasteiger partial charge in [-0.25, -0.2) is 4.79 Å². The molecule has 0 amide bonds. The monoisotopic (exact) mass is 282 g/mol. The van der Waals surface area contributed by atoms with Crippen LogP contribution in [0, 0.1) is 11.8 Å². The third-order valence-corrected chi connectivity index (χ3v) is 4.88. The van der Waals surface area contributed by atoms with Crippen molar-refractivity contribution in [3.05, 3.63) is 0 Å². The largest absolute Gasteiger partial charge is 0.468 e. The fourth-order valence-corrected chi connectivity index (χ4v) is 3.67. The molecule has 1 aliphatic carbocycles. The van der Waals surface area contributed by atoms with Gasteiger partial charge in [0, 0.05) is 19.1 Å². The Balaban J connectivity index is 2.14. The van der Waals surface area contributed by atoms with Gasteiger partial charge in [-0.2, -0.15) is 0 Å². The fourth-order valence-electron chi connectivity index (χ4n) is 3.67. The van der Waals surface area contributed by atoms with Crippen molar-refractivity contribution >= 4 is 5.97 Å². The van der Waals surface area contributed by atoms with E-state index in [2.05, 4.69) is 31.0 Å². The number of nitrogens with one attached hydrogen (secondary N) is 1. The van der Waals surface area contributed by atoms with Crippen molar-refractivity contribution in [1.29, 1.82) is 0 Å². The van der Waals surface area contributed by atoms with Gasteiger partial charge in [0.2, 0.25) is 0 Å². The second kappa shape index (κ2) is 6.44. The summed E-state index contributed by atoms with van der Waals surface area (Å²) in [5.74, 6) is 1.11. The minimum Gasteiger partial charge on any atom is -0.468 e. The second-order valence-electron chi connectivity index (χ2n) is 6.78. The first kappa shape index (κ1) is 15.8. The van der Waals surface area contributed by atoms with E-state index in [1.165, 1.54) is 13.5 Å². The van der Waals surface area contributed by atoms with E-state index in [0.717, 1.165) is 44.8 Å². The predicted molar refractivity (Wildman–Crippen MR) is 80.6 cm³/mol. The number of carbonyl (C=O) groups excluding carboxylic acids is 1. The molecular weight excluding hydrogens is 252 g/mol. The number of ether oxygens (including phenoxy) is 1. The van der Waals surface area contributed by atoms with Crippen molar-refractivity contribution in [2.75, 3.05) is 26.7 Å². The van der Waals surface area contributed by atoms with Crippen LogP contribution in [-0.4, -0.2) is 49.2 Å². The lowest BCUT2D eigenvalue weighted by molar-refractivity contribution is -0.151. The zero-order valence-corrected chi connectivity index (χ0v) is 13.4. The Bertz CT molecular complexity index is 343. The summed E-state index contributed by atoms with van der Waals surface area (Å²) in [5.41, 5.74) is -0.483. The molecule has 2 rings (SSSR count). The summed E-state index contributed by atoms with van der Waals surface area (Å²) in [7, 11) is 1.52. The maximum Gasteiger partial charge on any atom is 0.327 e. The lowest BCUT2D eigenvalue weighted by atomic mass is 9.91. The molecule has 1 saturated carbocycles. The Kier molecular flexibility index (Phi) is 5.08. The first-order valence-electron chi connectivity index (χ1n) is 8.11. The molecule has 0 aromatic heterocycles. The maximum absolute atomic E-state index is 12.5. The molecule has 1 aliphatic heterocycles. The number of methoxy groups -OCH3 is 1. The smallest absolute Gasteiger partial charge is 0.327 e. The van der Waals surface area contributed by atoms with Crippen LogP contribution < -0.4 is 5.32 Å². The molecule has 1 heterocycles. The summed E-state index contributed by atoms with van der Waals surface area (Å²) < 4.78 is 5.16. The first-order chi connectivity index (χ1) is 9.53. The summed E-state index contributed by atoms with van der Waals surface area (Å²) in [6.07, 6.45) is 4.56. The van der Waals surface area contributed by atoms with E-state index in [1.807, 2.05) is 0 Å². The maximum atomic E-state index is 12.5. The lowest BCUT2D eigenvalue weighted by Gasteiger charge is -2.37. The summed E-state index contributed by atoms with van der Waals surface area (Å²) >= 11 is 0. The second-order valence-corrected chi connectivity index (χ2v) is 6.78. The molecule has 0 aromatic carbocycles. The van der Waals surface area contributed by atoms with Crippen LogP contribution in [0.4, 0.5) is 0 Å². The fraction of sp³-hybridized carbons (Fsp3) is 0.938. The van der Waals surface area contributed by atoms with Crippen LogP contribution in [0.5, 0.6) is 0 Å². The third-order valence-electron chi connectivity index (χ3n) is 4.88. The van der Waals surface area contributed by atoms with E-state index in [9.17, 15) is 4.79 Å². The van der Waals surface area contributed by atoms with Gasteiger partial charge in [0.1, 0.15) is 5.54 Å². The minimum absolute atomic E-state index is 0.0693. The number of likely N-dealkylation sites (tertiary alicyclic amines) is 1. The van der Waals surface area contributed by atoms with Gasteiger partial charge in [0.05, 0.1) is 7.11 Å². The molecule has 3 unspecified atom stereocenters. The molecule has 4 heteroatoms. The molecule has 1 saturated heterocycles.